The number of esters is 2. The van der Waals surface area contributed by atoms with E-state index >= 15 is 0 Å². The first-order valence-corrected chi connectivity index (χ1v) is 6.45. The fraction of sp³-hybridized carbons (Fsp3) is 0.133. The van der Waals surface area contributed by atoms with E-state index in [1.54, 1.807) is 18.2 Å². The summed E-state index contributed by atoms with van der Waals surface area (Å²) in [5.41, 5.74) is 1.15. The van der Waals surface area contributed by atoms with Crippen molar-refractivity contribution in [2.45, 2.75) is 6.61 Å². The maximum Gasteiger partial charge on any atom is 0.359 e. The predicted octanol–water partition coefficient (Wildman–Crippen LogP) is 2.30. The van der Waals surface area contributed by atoms with Gasteiger partial charge in [-0.2, -0.15) is 5.10 Å². The van der Waals surface area contributed by atoms with Crippen LogP contribution in [0.4, 0.5) is 0 Å². The zero-order chi connectivity index (χ0) is 15.5. The van der Waals surface area contributed by atoms with E-state index in [2.05, 4.69) is 14.9 Å². The number of carbonyl (C=O) groups excluding carboxylic acids is 2. The summed E-state index contributed by atoms with van der Waals surface area (Å²) in [5.74, 6) is -0.935. The Morgan fingerprint density at radius 3 is 2.86 bits per heavy atom. The highest BCUT2D eigenvalue weighted by Crippen LogP contribution is 2.18. The average molecular weight is 300 g/mol. The SMILES string of the molecule is COC(=O)c1ccoc1COC(=O)c1n[nH]c2ccccc12. The van der Waals surface area contributed by atoms with Gasteiger partial charge < -0.3 is 13.9 Å². The molecule has 0 bridgehead atoms. The van der Waals surface area contributed by atoms with Gasteiger partial charge in [0.05, 0.1) is 18.9 Å². The highest BCUT2D eigenvalue weighted by Gasteiger charge is 2.19. The van der Waals surface area contributed by atoms with Crippen molar-refractivity contribution in [3.63, 3.8) is 0 Å². The van der Waals surface area contributed by atoms with Crippen molar-refractivity contribution in [3.05, 3.63) is 53.6 Å². The van der Waals surface area contributed by atoms with Gasteiger partial charge in [-0.3, -0.25) is 5.10 Å². The summed E-state index contributed by atoms with van der Waals surface area (Å²) >= 11 is 0. The van der Waals surface area contributed by atoms with Crippen LogP contribution in [0.25, 0.3) is 10.9 Å². The second kappa shape index (κ2) is 5.72. The molecule has 2 heterocycles. The van der Waals surface area contributed by atoms with Gasteiger partial charge in [0, 0.05) is 5.39 Å². The summed E-state index contributed by atoms with van der Waals surface area (Å²) in [6.07, 6.45) is 1.33. The Morgan fingerprint density at radius 1 is 1.23 bits per heavy atom. The number of carbonyl (C=O) groups is 2. The smallest absolute Gasteiger partial charge is 0.359 e. The highest BCUT2D eigenvalue weighted by atomic mass is 16.5. The van der Waals surface area contributed by atoms with Gasteiger partial charge in [0.15, 0.2) is 18.1 Å². The Hall–Kier alpha value is -3.09. The zero-order valence-electron chi connectivity index (χ0n) is 11.7. The molecule has 0 amide bonds. The van der Waals surface area contributed by atoms with Gasteiger partial charge >= 0.3 is 11.9 Å². The molecule has 7 heteroatoms. The van der Waals surface area contributed by atoms with Crippen molar-refractivity contribution in [1.29, 1.82) is 0 Å². The van der Waals surface area contributed by atoms with Gasteiger partial charge in [-0.25, -0.2) is 9.59 Å². The normalized spacial score (nSPS) is 10.6. The molecule has 3 aromatic rings. The van der Waals surface area contributed by atoms with E-state index in [1.807, 2.05) is 6.07 Å². The first kappa shape index (κ1) is 13.9. The van der Waals surface area contributed by atoms with E-state index in [0.717, 1.165) is 5.52 Å². The number of ether oxygens (including phenoxy) is 2. The molecule has 0 atom stereocenters. The number of furan rings is 1. The summed E-state index contributed by atoms with van der Waals surface area (Å²) in [5, 5.41) is 7.37. The minimum Gasteiger partial charge on any atom is -0.465 e. The summed E-state index contributed by atoms with van der Waals surface area (Å²) in [4.78, 5) is 23.6. The van der Waals surface area contributed by atoms with Gasteiger partial charge in [-0.15, -0.1) is 0 Å². The Kier molecular flexibility index (Phi) is 3.61. The van der Waals surface area contributed by atoms with E-state index in [1.165, 1.54) is 19.4 Å². The average Bonchev–Trinajstić information content (AvgIpc) is 3.18. The lowest BCUT2D eigenvalue weighted by molar-refractivity contribution is 0.0428. The number of nitrogens with one attached hydrogen (secondary N) is 1. The van der Waals surface area contributed by atoms with Gasteiger partial charge in [0.1, 0.15) is 5.56 Å². The van der Waals surface area contributed by atoms with Crippen LogP contribution in [0.3, 0.4) is 0 Å². The maximum absolute atomic E-state index is 12.1. The van der Waals surface area contributed by atoms with E-state index in [4.69, 9.17) is 9.15 Å². The molecule has 0 aliphatic rings. The van der Waals surface area contributed by atoms with Crippen molar-refractivity contribution in [2.24, 2.45) is 0 Å². The second-order valence-corrected chi connectivity index (χ2v) is 4.44. The summed E-state index contributed by atoms with van der Waals surface area (Å²) in [6, 6.07) is 8.67. The fourth-order valence-corrected chi connectivity index (χ4v) is 2.06. The number of benzene rings is 1. The molecule has 0 saturated carbocycles. The predicted molar refractivity (Wildman–Crippen MR) is 75.3 cm³/mol. The number of fused-ring (bicyclic) bond motifs is 1. The Bertz CT molecular complexity index is 833. The van der Waals surface area contributed by atoms with Crippen LogP contribution in [0.15, 0.2) is 41.0 Å². The molecule has 0 saturated heterocycles. The Morgan fingerprint density at radius 2 is 2.05 bits per heavy atom. The van der Waals surface area contributed by atoms with Crippen molar-refractivity contribution >= 4 is 22.8 Å². The topological polar surface area (TPSA) is 94.4 Å². The minimum atomic E-state index is -0.607. The molecular weight excluding hydrogens is 288 g/mol. The lowest BCUT2D eigenvalue weighted by Gasteiger charge is -2.03. The molecule has 112 valence electrons. The monoisotopic (exact) mass is 300 g/mol. The van der Waals surface area contributed by atoms with E-state index in [9.17, 15) is 9.59 Å². The number of aromatic nitrogens is 2. The molecule has 3 rings (SSSR count). The van der Waals surface area contributed by atoms with Crippen molar-refractivity contribution < 1.29 is 23.5 Å². The summed E-state index contributed by atoms with van der Waals surface area (Å²) in [7, 11) is 1.26. The number of hydrogen-bond donors (Lipinski definition) is 1. The van der Waals surface area contributed by atoms with Gasteiger partial charge in [-0.1, -0.05) is 18.2 Å². The molecule has 2 aromatic heterocycles. The van der Waals surface area contributed by atoms with Crippen LogP contribution in [0.2, 0.25) is 0 Å². The molecule has 22 heavy (non-hydrogen) atoms. The first-order chi connectivity index (χ1) is 10.7. The van der Waals surface area contributed by atoms with Crippen LogP contribution in [-0.4, -0.2) is 29.2 Å². The van der Waals surface area contributed by atoms with Crippen molar-refractivity contribution in [3.8, 4) is 0 Å². The molecule has 1 aromatic carbocycles. The summed E-state index contributed by atoms with van der Waals surface area (Å²) < 4.78 is 14.9. The molecule has 0 spiro atoms. The summed E-state index contributed by atoms with van der Waals surface area (Å²) in [6.45, 7) is -0.183. The van der Waals surface area contributed by atoms with E-state index in [0.29, 0.717) is 5.39 Å². The lowest BCUT2D eigenvalue weighted by Crippen LogP contribution is -2.09. The van der Waals surface area contributed by atoms with E-state index in [-0.39, 0.29) is 23.6 Å². The van der Waals surface area contributed by atoms with Crippen LogP contribution in [-0.2, 0) is 16.1 Å². The van der Waals surface area contributed by atoms with Crippen LogP contribution < -0.4 is 0 Å². The molecule has 0 aliphatic carbocycles. The van der Waals surface area contributed by atoms with Gasteiger partial charge in [-0.05, 0) is 12.1 Å². The third kappa shape index (κ3) is 2.44. The number of aromatic amines is 1. The van der Waals surface area contributed by atoms with Crippen LogP contribution in [0.1, 0.15) is 26.6 Å². The van der Waals surface area contributed by atoms with Crippen LogP contribution in [0, 0.1) is 0 Å². The number of para-hydroxylation sites is 1. The van der Waals surface area contributed by atoms with Crippen molar-refractivity contribution in [2.75, 3.05) is 7.11 Å². The molecule has 7 nitrogen and oxygen atoms in total. The second-order valence-electron chi connectivity index (χ2n) is 4.44. The Labute approximate surface area is 124 Å². The number of methoxy groups -OCH3 is 1. The minimum absolute atomic E-state index is 0.182. The van der Waals surface area contributed by atoms with Gasteiger partial charge in [0.2, 0.25) is 0 Å². The maximum atomic E-state index is 12.1. The molecule has 0 unspecified atom stereocenters. The standard InChI is InChI=1S/C15H12N2O5/c1-20-14(18)10-6-7-21-12(10)8-22-15(19)13-9-4-2-3-5-11(9)16-17-13/h2-7H,8H2,1H3,(H,16,17). The molecule has 0 radical (unpaired) electrons. The van der Waals surface area contributed by atoms with Gasteiger partial charge in [0.25, 0.3) is 0 Å². The number of nitrogens with zero attached hydrogens (tertiary/aromatic N) is 1. The fourth-order valence-electron chi connectivity index (χ4n) is 2.06. The molecule has 0 fully saturated rings. The largest absolute Gasteiger partial charge is 0.465 e. The van der Waals surface area contributed by atoms with E-state index < -0.39 is 11.9 Å². The zero-order valence-corrected chi connectivity index (χ0v) is 11.7. The van der Waals surface area contributed by atoms with Crippen LogP contribution >= 0.6 is 0 Å². The molecule has 1 N–H and O–H groups in total. The molecule has 0 aliphatic heterocycles. The molecular formula is C15H12N2O5. The highest BCUT2D eigenvalue weighted by molar-refractivity contribution is 6.01. The number of H-pyrrole nitrogens is 1. The Balaban J connectivity index is 1.76. The third-order valence-electron chi connectivity index (χ3n) is 3.15. The first-order valence-electron chi connectivity index (χ1n) is 6.45. The number of hydrogen-bond acceptors (Lipinski definition) is 6. The van der Waals surface area contributed by atoms with Crippen molar-refractivity contribution in [1.82, 2.24) is 10.2 Å². The third-order valence-corrected chi connectivity index (χ3v) is 3.15. The quantitative estimate of drug-likeness (QED) is 0.743. The number of rotatable bonds is 4. The lowest BCUT2D eigenvalue weighted by atomic mass is 10.2. The van der Waals surface area contributed by atoms with Crippen LogP contribution in [0.5, 0.6) is 0 Å².